The van der Waals surface area contributed by atoms with Crippen LogP contribution in [0.5, 0.6) is 0 Å². The van der Waals surface area contributed by atoms with Gasteiger partial charge in [0, 0.05) is 33.5 Å². The first-order valence-electron chi connectivity index (χ1n) is 11.0. The molecule has 1 aliphatic rings. The van der Waals surface area contributed by atoms with E-state index in [1.54, 1.807) is 16.8 Å². The lowest BCUT2D eigenvalue weighted by molar-refractivity contribution is 0.516. The van der Waals surface area contributed by atoms with Crippen LogP contribution in [0.1, 0.15) is 65.0 Å². The monoisotopic (exact) mass is 458 g/mol. The fourth-order valence-corrected chi connectivity index (χ4v) is 5.03. The third-order valence-electron chi connectivity index (χ3n) is 5.24. The molecule has 0 unspecified atom stereocenters. The van der Waals surface area contributed by atoms with Crippen LogP contribution in [0.3, 0.4) is 0 Å². The Bertz CT molecular complexity index is 1110. The molecular weight excluding hydrogens is 428 g/mol. The van der Waals surface area contributed by atoms with Crippen LogP contribution in [0.15, 0.2) is 40.2 Å². The number of fused-ring (bicyclic) bond motifs is 1. The molecular formula is C24H31ClN4OS. The smallest absolute Gasteiger partial charge is 0.271 e. The summed E-state index contributed by atoms with van der Waals surface area (Å²) in [5.74, 6) is 0.485. The predicted molar refractivity (Wildman–Crippen MR) is 133 cm³/mol. The average Bonchev–Trinajstić information content (AvgIpc) is 3.27. The number of nitrogens with zero attached hydrogens (tertiary/aromatic N) is 3. The van der Waals surface area contributed by atoms with Gasteiger partial charge in [-0.15, -0.1) is 11.8 Å². The molecule has 0 saturated heterocycles. The van der Waals surface area contributed by atoms with Crippen molar-refractivity contribution in [2.24, 2.45) is 0 Å². The number of anilines is 2. The summed E-state index contributed by atoms with van der Waals surface area (Å²) in [5, 5.41) is 4.86. The van der Waals surface area contributed by atoms with E-state index in [-0.39, 0.29) is 16.6 Å². The van der Waals surface area contributed by atoms with E-state index in [9.17, 15) is 4.79 Å². The molecule has 0 aliphatic heterocycles. The van der Waals surface area contributed by atoms with Gasteiger partial charge in [0.2, 0.25) is 5.95 Å². The van der Waals surface area contributed by atoms with Gasteiger partial charge in [-0.05, 0) is 49.6 Å². The molecule has 1 aromatic carbocycles. The van der Waals surface area contributed by atoms with Gasteiger partial charge in [0.05, 0.1) is 0 Å². The number of hydrogen-bond donors (Lipinski definition) is 1. The standard InChI is InChI=1S/C22H25ClN4OS.C2H6/c1-13(2)29-17-8-9-19(14(3)10-17)25-22-24-12-15-11-18(23)21(28)27(20(15)26-22)16-6-4-5-7-16;1-2/h8-13,16H,4-7H2,1-3H3,(H,24,25,26);1-2H3. The Labute approximate surface area is 193 Å². The summed E-state index contributed by atoms with van der Waals surface area (Å²) in [6.07, 6.45) is 5.95. The first-order valence-corrected chi connectivity index (χ1v) is 12.3. The van der Waals surface area contributed by atoms with Gasteiger partial charge in [-0.25, -0.2) is 4.98 Å². The molecule has 2 heterocycles. The minimum absolute atomic E-state index is 0.153. The van der Waals surface area contributed by atoms with Crippen LogP contribution in [0.4, 0.5) is 11.6 Å². The maximum atomic E-state index is 12.8. The van der Waals surface area contributed by atoms with Gasteiger partial charge in [-0.1, -0.05) is 52.1 Å². The molecule has 0 bridgehead atoms. The minimum Gasteiger partial charge on any atom is -0.324 e. The highest BCUT2D eigenvalue weighted by Gasteiger charge is 2.22. The van der Waals surface area contributed by atoms with Gasteiger partial charge in [0.25, 0.3) is 5.56 Å². The number of thioether (sulfide) groups is 1. The third kappa shape index (κ3) is 5.42. The average molecular weight is 459 g/mol. The molecule has 1 saturated carbocycles. The second-order valence-electron chi connectivity index (χ2n) is 7.85. The molecule has 0 amide bonds. The van der Waals surface area contributed by atoms with Crippen molar-refractivity contribution in [2.75, 3.05) is 5.32 Å². The predicted octanol–water partition coefficient (Wildman–Crippen LogP) is 7.14. The number of aromatic nitrogens is 3. The quantitative estimate of drug-likeness (QED) is 0.411. The van der Waals surface area contributed by atoms with Crippen molar-refractivity contribution in [3.05, 3.63) is 51.4 Å². The zero-order chi connectivity index (χ0) is 22.5. The van der Waals surface area contributed by atoms with Crippen molar-refractivity contribution >= 4 is 46.0 Å². The highest BCUT2D eigenvalue weighted by Crippen LogP contribution is 2.32. The second-order valence-corrected chi connectivity index (χ2v) is 9.90. The molecule has 1 fully saturated rings. The Hall–Kier alpha value is -2.05. The van der Waals surface area contributed by atoms with Gasteiger partial charge >= 0.3 is 0 Å². The van der Waals surface area contributed by atoms with Crippen molar-refractivity contribution in [3.8, 4) is 0 Å². The van der Waals surface area contributed by atoms with Crippen LogP contribution in [0.25, 0.3) is 11.0 Å². The molecule has 3 aromatic rings. The summed E-state index contributed by atoms with van der Waals surface area (Å²) in [6.45, 7) is 10.4. The zero-order valence-corrected chi connectivity index (χ0v) is 20.5. The normalized spacial score (nSPS) is 14.0. The second kappa shape index (κ2) is 10.5. The Morgan fingerprint density at radius 3 is 2.55 bits per heavy atom. The number of aryl methyl sites for hydroxylation is 1. The number of halogens is 1. The molecule has 5 nitrogen and oxygen atoms in total. The van der Waals surface area contributed by atoms with Crippen LogP contribution < -0.4 is 10.9 Å². The molecule has 0 spiro atoms. The molecule has 31 heavy (non-hydrogen) atoms. The van der Waals surface area contributed by atoms with E-state index in [1.165, 1.54) is 4.90 Å². The number of pyridine rings is 1. The summed E-state index contributed by atoms with van der Waals surface area (Å²) < 4.78 is 1.77. The van der Waals surface area contributed by atoms with Gasteiger partial charge in [0.15, 0.2) is 0 Å². The Balaban J connectivity index is 0.00000132. The van der Waals surface area contributed by atoms with E-state index >= 15 is 0 Å². The van der Waals surface area contributed by atoms with Crippen molar-refractivity contribution in [2.45, 2.75) is 76.5 Å². The van der Waals surface area contributed by atoms with Crippen molar-refractivity contribution in [1.82, 2.24) is 14.5 Å². The lowest BCUT2D eigenvalue weighted by atomic mass is 10.2. The lowest BCUT2D eigenvalue weighted by Gasteiger charge is -2.17. The van der Waals surface area contributed by atoms with Gasteiger partial charge in [0.1, 0.15) is 10.7 Å². The highest BCUT2D eigenvalue weighted by molar-refractivity contribution is 7.99. The largest absolute Gasteiger partial charge is 0.324 e. The molecule has 166 valence electrons. The highest BCUT2D eigenvalue weighted by atomic mass is 35.5. The van der Waals surface area contributed by atoms with Gasteiger partial charge < -0.3 is 5.32 Å². The molecule has 0 atom stereocenters. The molecule has 0 radical (unpaired) electrons. The van der Waals surface area contributed by atoms with Crippen LogP contribution in [0.2, 0.25) is 5.02 Å². The van der Waals surface area contributed by atoms with Crippen molar-refractivity contribution in [1.29, 1.82) is 0 Å². The van der Waals surface area contributed by atoms with Crippen LogP contribution >= 0.6 is 23.4 Å². The third-order valence-corrected chi connectivity index (χ3v) is 6.50. The van der Waals surface area contributed by atoms with Crippen LogP contribution in [-0.2, 0) is 0 Å². The first kappa shape index (κ1) is 23.6. The Kier molecular flexibility index (Phi) is 8.00. The van der Waals surface area contributed by atoms with Gasteiger partial charge in [-0.2, -0.15) is 4.98 Å². The fraction of sp³-hybridized carbons (Fsp3) is 0.458. The maximum absolute atomic E-state index is 12.8. The minimum atomic E-state index is -0.165. The van der Waals surface area contributed by atoms with E-state index in [4.69, 9.17) is 16.6 Å². The van der Waals surface area contributed by atoms with E-state index < -0.39 is 0 Å². The van der Waals surface area contributed by atoms with E-state index in [2.05, 4.69) is 49.3 Å². The molecule has 7 heteroatoms. The van der Waals surface area contributed by atoms with Crippen molar-refractivity contribution in [3.63, 3.8) is 0 Å². The van der Waals surface area contributed by atoms with E-state index in [0.29, 0.717) is 16.8 Å². The molecule has 1 aliphatic carbocycles. The summed E-state index contributed by atoms with van der Waals surface area (Å²) in [5.41, 5.74) is 2.57. The van der Waals surface area contributed by atoms with Crippen LogP contribution in [-0.4, -0.2) is 19.8 Å². The topological polar surface area (TPSA) is 59.8 Å². The van der Waals surface area contributed by atoms with Crippen molar-refractivity contribution < 1.29 is 0 Å². The molecule has 2 aromatic heterocycles. The summed E-state index contributed by atoms with van der Waals surface area (Å²) in [7, 11) is 0. The lowest BCUT2D eigenvalue weighted by Crippen LogP contribution is -2.25. The van der Waals surface area contributed by atoms with Gasteiger partial charge in [-0.3, -0.25) is 9.36 Å². The number of nitrogens with one attached hydrogen (secondary N) is 1. The summed E-state index contributed by atoms with van der Waals surface area (Å²) >= 11 is 8.04. The van der Waals surface area contributed by atoms with Crippen LogP contribution in [0, 0.1) is 6.92 Å². The summed E-state index contributed by atoms with van der Waals surface area (Å²) in [4.78, 5) is 23.2. The molecule has 4 rings (SSSR count). The Morgan fingerprint density at radius 2 is 1.90 bits per heavy atom. The number of rotatable bonds is 5. The Morgan fingerprint density at radius 1 is 1.19 bits per heavy atom. The fourth-order valence-electron chi connectivity index (χ4n) is 3.89. The molecule has 1 N–H and O–H groups in total. The first-order chi connectivity index (χ1) is 14.9. The number of benzene rings is 1. The van der Waals surface area contributed by atoms with E-state index in [0.717, 1.165) is 42.3 Å². The summed E-state index contributed by atoms with van der Waals surface area (Å²) in [6, 6.07) is 8.15. The SMILES string of the molecule is CC.Cc1cc(SC(C)C)ccc1Nc1ncc2cc(Cl)c(=O)n(C3CCCC3)c2n1. The number of hydrogen-bond acceptors (Lipinski definition) is 5. The zero-order valence-electron chi connectivity index (χ0n) is 18.9. The van der Waals surface area contributed by atoms with E-state index in [1.807, 2.05) is 25.6 Å². The maximum Gasteiger partial charge on any atom is 0.271 e.